The third kappa shape index (κ3) is 3.51. The van der Waals surface area contributed by atoms with Crippen molar-refractivity contribution < 1.29 is 4.74 Å². The maximum atomic E-state index is 5.27. The molecule has 1 N–H and O–H groups in total. The number of unbranched alkanes of at least 4 members (excludes halogenated alkanes) is 1. The van der Waals surface area contributed by atoms with Gasteiger partial charge in [0.1, 0.15) is 5.75 Å². The summed E-state index contributed by atoms with van der Waals surface area (Å²) in [6.45, 7) is 0.997. The molecule has 0 spiro atoms. The topological polar surface area (TPSA) is 21.3 Å². The fraction of sp³-hybridized carbons (Fsp3) is 0.500. The highest BCUT2D eigenvalue weighted by molar-refractivity contribution is 5.30. The molecule has 1 atom stereocenters. The summed E-state index contributed by atoms with van der Waals surface area (Å²) in [4.78, 5) is 0. The molecule has 0 amide bonds. The molecule has 0 heterocycles. The van der Waals surface area contributed by atoms with Crippen LogP contribution in [0.4, 0.5) is 0 Å². The molecule has 0 bridgehead atoms. The monoisotopic (exact) mass is 243 g/mol. The minimum Gasteiger partial charge on any atom is -0.497 e. The van der Waals surface area contributed by atoms with Gasteiger partial charge in [0.05, 0.1) is 7.11 Å². The largest absolute Gasteiger partial charge is 0.497 e. The standard InChI is InChI=1S/C16H21NO/c1-3-4-5-12-17-16(13-6-7-13)14-8-10-15(18-2)11-9-14/h1,8-11,13,16-17H,4-7,12H2,2H3. The van der Waals surface area contributed by atoms with Gasteiger partial charge in [0.25, 0.3) is 0 Å². The lowest BCUT2D eigenvalue weighted by molar-refractivity contribution is 0.413. The molecule has 2 heteroatoms. The summed E-state index contributed by atoms with van der Waals surface area (Å²) in [5.41, 5.74) is 1.36. The summed E-state index contributed by atoms with van der Waals surface area (Å²) in [6.07, 6.45) is 9.84. The van der Waals surface area contributed by atoms with Crippen molar-refractivity contribution in [3.8, 4) is 18.1 Å². The van der Waals surface area contributed by atoms with E-state index in [0.29, 0.717) is 6.04 Å². The third-order valence-electron chi connectivity index (χ3n) is 3.43. The summed E-state index contributed by atoms with van der Waals surface area (Å²) in [5.74, 6) is 4.40. The molecule has 1 saturated carbocycles. The average molecular weight is 243 g/mol. The zero-order chi connectivity index (χ0) is 12.8. The molecule has 2 nitrogen and oxygen atoms in total. The van der Waals surface area contributed by atoms with Gasteiger partial charge in [-0.2, -0.15) is 0 Å². The Morgan fingerprint density at radius 3 is 2.67 bits per heavy atom. The predicted octanol–water partition coefficient (Wildman–Crippen LogP) is 3.15. The Morgan fingerprint density at radius 1 is 1.39 bits per heavy atom. The molecule has 1 aromatic carbocycles. The Bertz CT molecular complexity index is 400. The van der Waals surface area contributed by atoms with E-state index in [2.05, 4.69) is 23.4 Å². The fourth-order valence-corrected chi connectivity index (χ4v) is 2.25. The maximum absolute atomic E-state index is 5.27. The molecule has 0 aromatic heterocycles. The molecule has 2 rings (SSSR count). The van der Waals surface area contributed by atoms with E-state index in [-0.39, 0.29) is 0 Å². The van der Waals surface area contributed by atoms with Gasteiger partial charge in [-0.25, -0.2) is 0 Å². The van der Waals surface area contributed by atoms with Crippen LogP contribution in [0.1, 0.15) is 37.3 Å². The SMILES string of the molecule is C#CCCCNC(c1ccc(OC)cc1)C1CC1. The molecule has 18 heavy (non-hydrogen) atoms. The summed E-state index contributed by atoms with van der Waals surface area (Å²) in [6, 6.07) is 8.88. The zero-order valence-corrected chi connectivity index (χ0v) is 11.0. The van der Waals surface area contributed by atoms with E-state index >= 15 is 0 Å². The second-order valence-electron chi connectivity index (χ2n) is 4.85. The van der Waals surface area contributed by atoms with E-state index in [1.165, 1.54) is 18.4 Å². The lowest BCUT2D eigenvalue weighted by Gasteiger charge is -2.19. The van der Waals surface area contributed by atoms with Gasteiger partial charge < -0.3 is 10.1 Å². The van der Waals surface area contributed by atoms with Crippen LogP contribution in [-0.2, 0) is 0 Å². The Labute approximate surface area is 110 Å². The minimum atomic E-state index is 0.480. The number of hydrogen-bond donors (Lipinski definition) is 1. The van der Waals surface area contributed by atoms with Gasteiger partial charge in [-0.05, 0) is 49.4 Å². The van der Waals surface area contributed by atoms with Gasteiger partial charge in [0, 0.05) is 12.5 Å². The highest BCUT2D eigenvalue weighted by Gasteiger charge is 2.31. The van der Waals surface area contributed by atoms with Crippen molar-refractivity contribution in [2.75, 3.05) is 13.7 Å². The number of hydrogen-bond acceptors (Lipinski definition) is 2. The number of rotatable bonds is 7. The second kappa shape index (κ2) is 6.47. The van der Waals surface area contributed by atoms with Crippen molar-refractivity contribution in [2.45, 2.75) is 31.7 Å². The van der Waals surface area contributed by atoms with Gasteiger partial charge in [-0.15, -0.1) is 12.3 Å². The van der Waals surface area contributed by atoms with E-state index in [4.69, 9.17) is 11.2 Å². The van der Waals surface area contributed by atoms with Crippen molar-refractivity contribution in [3.05, 3.63) is 29.8 Å². The van der Waals surface area contributed by atoms with Crippen LogP contribution in [0.3, 0.4) is 0 Å². The van der Waals surface area contributed by atoms with Crippen LogP contribution in [0.2, 0.25) is 0 Å². The van der Waals surface area contributed by atoms with Gasteiger partial charge in [0.2, 0.25) is 0 Å². The van der Waals surface area contributed by atoms with Crippen LogP contribution in [-0.4, -0.2) is 13.7 Å². The molecule has 1 aliphatic rings. The van der Waals surface area contributed by atoms with E-state index in [1.54, 1.807) is 7.11 Å². The normalized spacial score (nSPS) is 16.0. The lowest BCUT2D eigenvalue weighted by atomic mass is 10.0. The van der Waals surface area contributed by atoms with Gasteiger partial charge in [0.15, 0.2) is 0 Å². The predicted molar refractivity (Wildman–Crippen MR) is 74.5 cm³/mol. The molecule has 96 valence electrons. The highest BCUT2D eigenvalue weighted by Crippen LogP contribution is 2.41. The molecule has 0 saturated heterocycles. The van der Waals surface area contributed by atoms with E-state index < -0.39 is 0 Å². The first-order valence-electron chi connectivity index (χ1n) is 6.66. The third-order valence-corrected chi connectivity index (χ3v) is 3.43. The van der Waals surface area contributed by atoms with Crippen molar-refractivity contribution in [1.29, 1.82) is 0 Å². The Kier molecular flexibility index (Phi) is 4.66. The molecule has 1 aromatic rings. The summed E-state index contributed by atoms with van der Waals surface area (Å²) in [7, 11) is 1.70. The van der Waals surface area contributed by atoms with Crippen molar-refractivity contribution >= 4 is 0 Å². The van der Waals surface area contributed by atoms with Crippen LogP contribution >= 0.6 is 0 Å². The van der Waals surface area contributed by atoms with E-state index in [1.807, 2.05) is 12.1 Å². The average Bonchev–Trinajstić information content (AvgIpc) is 3.24. The van der Waals surface area contributed by atoms with Gasteiger partial charge in [-0.3, -0.25) is 0 Å². The van der Waals surface area contributed by atoms with Crippen LogP contribution in [0.15, 0.2) is 24.3 Å². The van der Waals surface area contributed by atoms with Crippen molar-refractivity contribution in [2.24, 2.45) is 5.92 Å². The molecule has 1 aliphatic carbocycles. The fourth-order valence-electron chi connectivity index (χ4n) is 2.25. The number of benzene rings is 1. The molecular weight excluding hydrogens is 222 g/mol. The van der Waals surface area contributed by atoms with Crippen LogP contribution in [0.25, 0.3) is 0 Å². The summed E-state index contributed by atoms with van der Waals surface area (Å²) in [5, 5.41) is 3.63. The second-order valence-corrected chi connectivity index (χ2v) is 4.85. The molecule has 1 fully saturated rings. The van der Waals surface area contributed by atoms with Crippen LogP contribution in [0, 0.1) is 18.3 Å². The smallest absolute Gasteiger partial charge is 0.118 e. The number of terminal acetylenes is 1. The Hall–Kier alpha value is -1.46. The van der Waals surface area contributed by atoms with E-state index in [0.717, 1.165) is 31.1 Å². The van der Waals surface area contributed by atoms with Crippen molar-refractivity contribution in [3.63, 3.8) is 0 Å². The highest BCUT2D eigenvalue weighted by atomic mass is 16.5. The Morgan fingerprint density at radius 2 is 2.11 bits per heavy atom. The summed E-state index contributed by atoms with van der Waals surface area (Å²) < 4.78 is 5.20. The van der Waals surface area contributed by atoms with Gasteiger partial charge in [-0.1, -0.05) is 12.1 Å². The molecule has 1 unspecified atom stereocenters. The minimum absolute atomic E-state index is 0.480. The molecule has 0 radical (unpaired) electrons. The number of methoxy groups -OCH3 is 1. The lowest BCUT2D eigenvalue weighted by Crippen LogP contribution is -2.24. The first-order chi connectivity index (χ1) is 8.85. The van der Waals surface area contributed by atoms with E-state index in [9.17, 15) is 0 Å². The van der Waals surface area contributed by atoms with Gasteiger partial charge >= 0.3 is 0 Å². The first-order valence-corrected chi connectivity index (χ1v) is 6.66. The van der Waals surface area contributed by atoms with Crippen LogP contribution in [0.5, 0.6) is 5.75 Å². The zero-order valence-electron chi connectivity index (χ0n) is 11.0. The Balaban J connectivity index is 1.93. The number of nitrogens with one attached hydrogen (secondary N) is 1. The molecular formula is C16H21NO. The maximum Gasteiger partial charge on any atom is 0.118 e. The number of ether oxygens (including phenoxy) is 1. The summed E-state index contributed by atoms with van der Waals surface area (Å²) >= 11 is 0. The van der Waals surface area contributed by atoms with Crippen LogP contribution < -0.4 is 10.1 Å². The quantitative estimate of drug-likeness (QED) is 0.587. The van der Waals surface area contributed by atoms with Crippen molar-refractivity contribution in [1.82, 2.24) is 5.32 Å². The molecule has 0 aliphatic heterocycles. The first kappa shape index (κ1) is 13.0.